The van der Waals surface area contributed by atoms with E-state index in [2.05, 4.69) is 15.3 Å². The Morgan fingerprint density at radius 3 is 2.94 bits per heavy atom. The summed E-state index contributed by atoms with van der Waals surface area (Å²) in [5.74, 6) is 3.70. The van der Waals surface area contributed by atoms with Crippen LogP contribution >= 0.6 is 11.6 Å². The number of aromatic nitrogens is 3. The minimum Gasteiger partial charge on any atom is -0.508 e. The average Bonchev–Trinajstić information content (AvgIpc) is 3.63. The molecule has 2 aromatic heterocycles. The zero-order valence-corrected chi connectivity index (χ0v) is 18.2. The molecule has 3 N–H and O–H groups in total. The molecule has 2 aromatic carbocycles. The van der Waals surface area contributed by atoms with Crippen molar-refractivity contribution in [1.82, 2.24) is 15.0 Å². The molecule has 0 radical (unpaired) electrons. The Hall–Kier alpha value is -3.58. The predicted octanol–water partition coefficient (Wildman–Crippen LogP) is 5.05. The lowest BCUT2D eigenvalue weighted by molar-refractivity contribution is -0.116. The number of phenolic OH excluding ortho intramolecular Hbond substituents is 1. The molecule has 0 spiro atoms. The number of phenols is 1. The van der Waals surface area contributed by atoms with E-state index in [0.29, 0.717) is 41.1 Å². The molecule has 0 bridgehead atoms. The number of halogens is 1. The number of rotatable bonds is 4. The number of carbonyl (C=O) groups is 1. The lowest BCUT2D eigenvalue weighted by Crippen LogP contribution is -2.20. The first kappa shape index (κ1) is 18.9. The summed E-state index contributed by atoms with van der Waals surface area (Å²) in [4.78, 5) is 24.2. The van der Waals surface area contributed by atoms with Gasteiger partial charge in [0.1, 0.15) is 28.9 Å². The highest BCUT2D eigenvalue weighted by Gasteiger charge is 2.81. The molecule has 3 heterocycles. The van der Waals surface area contributed by atoms with E-state index >= 15 is 0 Å². The quantitative estimate of drug-likeness (QED) is 0.397. The number of pyridine rings is 1. The van der Waals surface area contributed by atoms with E-state index in [9.17, 15) is 9.90 Å². The topological polar surface area (TPSA) is 100 Å². The molecule has 2 saturated carbocycles. The fourth-order valence-corrected chi connectivity index (χ4v) is 5.52. The van der Waals surface area contributed by atoms with Gasteiger partial charge in [-0.15, -0.1) is 0 Å². The minimum atomic E-state index is -0.0539. The lowest BCUT2D eigenvalue weighted by atomic mass is 9.95. The van der Waals surface area contributed by atoms with Crippen LogP contribution in [0.4, 0.5) is 5.82 Å². The van der Waals surface area contributed by atoms with Gasteiger partial charge in [0.15, 0.2) is 0 Å². The summed E-state index contributed by atoms with van der Waals surface area (Å²) in [6.45, 7) is 0. The van der Waals surface area contributed by atoms with E-state index in [4.69, 9.17) is 21.3 Å². The lowest BCUT2D eigenvalue weighted by Gasteiger charge is -2.19. The standard InChI is InChI=1S/C25H19ClN4O3/c26-12-1-4-17-18(9-12)29-24(28-17)25-11-16(25)22(25)15-10-13(2-5-19(15)31)33-20-7-8-27-23-14(20)3-6-21(32)30-23/h1-2,4-5,7-10,16,22,31H,3,6,11H2,(H,28,29)(H,27,30,32). The second-order valence-corrected chi connectivity index (χ2v) is 9.52. The van der Waals surface area contributed by atoms with Crippen LogP contribution in [0.3, 0.4) is 0 Å². The van der Waals surface area contributed by atoms with E-state index in [0.717, 1.165) is 34.4 Å². The van der Waals surface area contributed by atoms with Gasteiger partial charge in [-0.1, -0.05) is 11.6 Å². The van der Waals surface area contributed by atoms with Crippen molar-refractivity contribution in [3.63, 3.8) is 0 Å². The number of anilines is 1. The molecule has 4 aromatic rings. The summed E-state index contributed by atoms with van der Waals surface area (Å²) in [5.41, 5.74) is 3.54. The van der Waals surface area contributed by atoms with Crippen molar-refractivity contribution in [2.75, 3.05) is 5.32 Å². The molecule has 3 unspecified atom stereocenters. The maximum absolute atomic E-state index is 11.7. The Kier molecular flexibility index (Phi) is 3.72. The highest BCUT2D eigenvalue weighted by molar-refractivity contribution is 6.31. The molecule has 7 nitrogen and oxygen atoms in total. The summed E-state index contributed by atoms with van der Waals surface area (Å²) >= 11 is 6.13. The van der Waals surface area contributed by atoms with Crippen LogP contribution in [0.1, 0.15) is 35.7 Å². The van der Waals surface area contributed by atoms with Crippen molar-refractivity contribution in [1.29, 1.82) is 0 Å². The number of H-pyrrole nitrogens is 1. The first-order valence-electron chi connectivity index (χ1n) is 11.0. The van der Waals surface area contributed by atoms with Gasteiger partial charge in [0.05, 0.1) is 11.0 Å². The zero-order valence-electron chi connectivity index (χ0n) is 17.4. The Balaban J connectivity index is 1.20. The predicted molar refractivity (Wildman–Crippen MR) is 123 cm³/mol. The van der Waals surface area contributed by atoms with Gasteiger partial charge in [0, 0.05) is 40.1 Å². The van der Waals surface area contributed by atoms with Crippen LogP contribution in [0.2, 0.25) is 5.02 Å². The number of hydrogen-bond acceptors (Lipinski definition) is 5. The Labute approximate surface area is 193 Å². The van der Waals surface area contributed by atoms with Crippen LogP contribution in [0.25, 0.3) is 11.0 Å². The SMILES string of the molecule is O=C1CCc2c(Oc3ccc(O)c(C4C5CC54c4nc5ccc(Cl)cc5[nH]4)c3)ccnc2N1. The van der Waals surface area contributed by atoms with Crippen molar-refractivity contribution in [3.8, 4) is 17.2 Å². The molecule has 0 saturated heterocycles. The van der Waals surface area contributed by atoms with Gasteiger partial charge >= 0.3 is 0 Å². The molecule has 164 valence electrons. The normalized spacial score (nSPS) is 24.7. The van der Waals surface area contributed by atoms with Crippen molar-refractivity contribution in [2.24, 2.45) is 5.92 Å². The van der Waals surface area contributed by atoms with Crippen LogP contribution in [-0.2, 0) is 16.6 Å². The molecule has 33 heavy (non-hydrogen) atoms. The number of nitrogens with one attached hydrogen (secondary N) is 2. The number of imidazole rings is 1. The van der Waals surface area contributed by atoms with Crippen molar-refractivity contribution >= 4 is 34.4 Å². The van der Waals surface area contributed by atoms with Gasteiger partial charge in [0.2, 0.25) is 5.91 Å². The molecule has 3 aliphatic rings. The Morgan fingerprint density at radius 1 is 1.15 bits per heavy atom. The van der Waals surface area contributed by atoms with Crippen LogP contribution in [0.5, 0.6) is 17.2 Å². The molecule has 1 aliphatic heterocycles. The number of ether oxygens (including phenoxy) is 1. The van der Waals surface area contributed by atoms with Crippen molar-refractivity contribution in [3.05, 3.63) is 70.6 Å². The van der Waals surface area contributed by atoms with E-state index in [1.54, 1.807) is 24.4 Å². The van der Waals surface area contributed by atoms with Gasteiger partial charge in [-0.05, 0) is 61.2 Å². The maximum Gasteiger partial charge on any atom is 0.225 e. The zero-order chi connectivity index (χ0) is 22.3. The van der Waals surface area contributed by atoms with Gasteiger partial charge in [-0.3, -0.25) is 4.79 Å². The van der Waals surface area contributed by atoms with E-state index in [1.165, 1.54) is 0 Å². The summed E-state index contributed by atoms with van der Waals surface area (Å²) in [6, 6.07) is 12.8. The number of hydrogen-bond donors (Lipinski definition) is 3. The number of amides is 1. The van der Waals surface area contributed by atoms with E-state index in [1.807, 2.05) is 24.3 Å². The fourth-order valence-electron chi connectivity index (χ4n) is 5.35. The third-order valence-corrected chi connectivity index (χ3v) is 7.46. The maximum atomic E-state index is 11.7. The van der Waals surface area contributed by atoms with Crippen LogP contribution in [-0.4, -0.2) is 26.0 Å². The first-order chi connectivity index (χ1) is 16.0. The first-order valence-corrected chi connectivity index (χ1v) is 11.3. The third-order valence-electron chi connectivity index (χ3n) is 7.23. The second-order valence-electron chi connectivity index (χ2n) is 9.08. The molecule has 7 rings (SSSR count). The number of aromatic amines is 1. The Bertz CT molecular complexity index is 1480. The van der Waals surface area contributed by atoms with Gasteiger partial charge in [-0.25, -0.2) is 9.97 Å². The number of aromatic hydroxyl groups is 1. The van der Waals surface area contributed by atoms with Gasteiger partial charge < -0.3 is 20.1 Å². The number of benzene rings is 2. The van der Waals surface area contributed by atoms with Crippen molar-refractivity contribution < 1.29 is 14.6 Å². The number of fused-ring (bicyclic) bond motifs is 3. The van der Waals surface area contributed by atoms with E-state index in [-0.39, 0.29) is 23.0 Å². The highest BCUT2D eigenvalue weighted by Crippen LogP contribution is 2.84. The Morgan fingerprint density at radius 2 is 2.06 bits per heavy atom. The van der Waals surface area contributed by atoms with Gasteiger partial charge in [0.25, 0.3) is 0 Å². The molecule has 1 amide bonds. The summed E-state index contributed by atoms with van der Waals surface area (Å²) in [7, 11) is 0. The molecule has 2 fully saturated rings. The van der Waals surface area contributed by atoms with Crippen molar-refractivity contribution in [2.45, 2.75) is 30.6 Å². The molecular weight excluding hydrogens is 440 g/mol. The molecule has 3 atom stereocenters. The minimum absolute atomic E-state index is 0.0369. The summed E-state index contributed by atoms with van der Waals surface area (Å²) < 4.78 is 6.20. The smallest absolute Gasteiger partial charge is 0.225 e. The largest absolute Gasteiger partial charge is 0.508 e. The molecule has 8 heteroatoms. The highest BCUT2D eigenvalue weighted by atomic mass is 35.5. The summed E-state index contributed by atoms with van der Waals surface area (Å²) in [6.07, 6.45) is 3.66. The number of nitrogens with zero attached hydrogens (tertiary/aromatic N) is 2. The van der Waals surface area contributed by atoms with Crippen LogP contribution < -0.4 is 10.1 Å². The monoisotopic (exact) mass is 458 g/mol. The fraction of sp³-hybridized carbons (Fsp3) is 0.240. The van der Waals surface area contributed by atoms with E-state index < -0.39 is 0 Å². The van der Waals surface area contributed by atoms with Crippen LogP contribution in [0, 0.1) is 5.92 Å². The summed E-state index contributed by atoms with van der Waals surface area (Å²) in [5, 5.41) is 14.1. The third kappa shape index (κ3) is 2.78. The average molecular weight is 459 g/mol. The molecule has 2 aliphatic carbocycles. The molecular formula is C25H19ClN4O3. The van der Waals surface area contributed by atoms with Crippen LogP contribution in [0.15, 0.2) is 48.7 Å². The number of carbonyl (C=O) groups excluding carboxylic acids is 1. The second kappa shape index (κ2) is 6.48. The van der Waals surface area contributed by atoms with Gasteiger partial charge in [-0.2, -0.15) is 0 Å².